The van der Waals surface area contributed by atoms with Crippen molar-refractivity contribution in [3.05, 3.63) is 17.9 Å². The molecule has 0 amide bonds. The van der Waals surface area contributed by atoms with Gasteiger partial charge in [-0.2, -0.15) is 4.31 Å². The second-order valence-corrected chi connectivity index (χ2v) is 8.98. The molecule has 0 saturated carbocycles. The lowest BCUT2D eigenvalue weighted by Crippen LogP contribution is -2.43. The fraction of sp³-hybridized carbons (Fsp3) is 0.750. The lowest BCUT2D eigenvalue weighted by atomic mass is 9.83. The van der Waals surface area contributed by atoms with Crippen molar-refractivity contribution in [3.8, 4) is 0 Å². The first-order valence-corrected chi connectivity index (χ1v) is 9.79. The summed E-state index contributed by atoms with van der Waals surface area (Å²) in [7, 11) is -3.48. The monoisotopic (exact) mass is 342 g/mol. The molecule has 2 saturated heterocycles. The zero-order chi connectivity index (χ0) is 16.5. The first kappa shape index (κ1) is 17.0. The highest BCUT2D eigenvalue weighted by molar-refractivity contribution is 7.89. The van der Waals surface area contributed by atoms with Crippen molar-refractivity contribution in [2.45, 2.75) is 44.2 Å². The number of hydrogen-bond donors (Lipinski definition) is 1. The Morgan fingerprint density at radius 2 is 1.96 bits per heavy atom. The summed E-state index contributed by atoms with van der Waals surface area (Å²) in [5.41, 5.74) is -0.0741. The molecule has 130 valence electrons. The summed E-state index contributed by atoms with van der Waals surface area (Å²) in [5.74, 6) is 0.671. The molecule has 2 aliphatic rings. The van der Waals surface area contributed by atoms with Crippen LogP contribution in [0.3, 0.4) is 0 Å². The largest absolute Gasteiger partial charge is 0.447 e. The summed E-state index contributed by atoms with van der Waals surface area (Å²) in [6.45, 7) is 5.77. The number of aliphatic hydroxyl groups is 1. The molecule has 3 heterocycles. The van der Waals surface area contributed by atoms with Crippen LogP contribution in [-0.4, -0.2) is 55.5 Å². The molecule has 2 aliphatic heterocycles. The summed E-state index contributed by atoms with van der Waals surface area (Å²) in [4.78, 5) is 2.23. The maximum Gasteiger partial charge on any atom is 0.276 e. The Bertz CT molecular complexity index is 636. The Balaban J connectivity index is 1.68. The molecule has 0 radical (unpaired) electrons. The number of piperidine rings is 1. The first-order chi connectivity index (χ1) is 10.9. The van der Waals surface area contributed by atoms with E-state index in [1.807, 2.05) is 0 Å². The average Bonchev–Trinajstić information content (AvgIpc) is 3.19. The van der Waals surface area contributed by atoms with Gasteiger partial charge in [0.15, 0.2) is 0 Å². The van der Waals surface area contributed by atoms with Gasteiger partial charge in [0.2, 0.25) is 5.09 Å². The summed E-state index contributed by atoms with van der Waals surface area (Å²) < 4.78 is 32.1. The van der Waals surface area contributed by atoms with E-state index in [4.69, 9.17) is 4.42 Å². The molecule has 3 rings (SSSR count). The van der Waals surface area contributed by atoms with Gasteiger partial charge < -0.3 is 9.52 Å². The van der Waals surface area contributed by atoms with Gasteiger partial charge in [-0.15, -0.1) is 0 Å². The zero-order valence-electron chi connectivity index (χ0n) is 13.7. The number of sulfonamides is 1. The number of furan rings is 1. The average molecular weight is 342 g/mol. The summed E-state index contributed by atoms with van der Waals surface area (Å²) in [6.07, 6.45) is 3.89. The number of nitrogens with zero attached hydrogens (tertiary/aromatic N) is 2. The molecule has 0 bridgehead atoms. The number of likely N-dealkylation sites (tertiary alicyclic amines) is 1. The number of hydrogen-bond acceptors (Lipinski definition) is 5. The minimum absolute atomic E-state index is 0.0522. The van der Waals surface area contributed by atoms with Crippen LogP contribution in [0, 0.1) is 5.41 Å². The van der Waals surface area contributed by atoms with Gasteiger partial charge in [0.05, 0.1) is 6.54 Å². The molecular formula is C16H26N2O4S. The van der Waals surface area contributed by atoms with E-state index in [2.05, 4.69) is 11.8 Å². The van der Waals surface area contributed by atoms with Gasteiger partial charge in [-0.3, -0.25) is 4.90 Å². The molecule has 1 atom stereocenters. The highest BCUT2D eigenvalue weighted by atomic mass is 32.2. The van der Waals surface area contributed by atoms with Crippen molar-refractivity contribution < 1.29 is 17.9 Å². The fourth-order valence-electron chi connectivity index (χ4n) is 3.55. The second kappa shape index (κ2) is 6.55. The number of rotatable bonds is 5. The van der Waals surface area contributed by atoms with E-state index >= 15 is 0 Å². The predicted octanol–water partition coefficient (Wildman–Crippen LogP) is 1.66. The normalized spacial score (nSPS) is 27.6. The SMILES string of the molecule is CC1(CO)CCCN(Cc2ccc(S(=O)(=O)N3CCCC3)o2)C1. The third-order valence-electron chi connectivity index (χ3n) is 4.92. The molecule has 0 aromatic carbocycles. The Labute approximate surface area is 138 Å². The van der Waals surface area contributed by atoms with Gasteiger partial charge in [0.25, 0.3) is 10.0 Å². The van der Waals surface area contributed by atoms with Crippen molar-refractivity contribution >= 4 is 10.0 Å². The van der Waals surface area contributed by atoms with E-state index < -0.39 is 10.0 Å². The molecule has 1 aromatic rings. The van der Waals surface area contributed by atoms with Crippen LogP contribution in [0.1, 0.15) is 38.4 Å². The Kier molecular flexibility index (Phi) is 4.83. The topological polar surface area (TPSA) is 74.0 Å². The van der Waals surface area contributed by atoms with Gasteiger partial charge >= 0.3 is 0 Å². The second-order valence-electron chi connectivity index (χ2n) is 7.11. The van der Waals surface area contributed by atoms with Gasteiger partial charge in [-0.1, -0.05) is 6.92 Å². The molecule has 2 fully saturated rings. The van der Waals surface area contributed by atoms with E-state index in [9.17, 15) is 13.5 Å². The molecule has 0 spiro atoms. The summed E-state index contributed by atoms with van der Waals surface area (Å²) in [5, 5.41) is 9.58. The minimum Gasteiger partial charge on any atom is -0.447 e. The standard InChI is InChI=1S/C16H26N2O4S/c1-16(13-19)7-4-8-17(12-16)11-14-5-6-15(22-14)23(20,21)18-9-2-3-10-18/h5-6,19H,2-4,7-13H2,1H3. The quantitative estimate of drug-likeness (QED) is 0.881. The lowest BCUT2D eigenvalue weighted by Gasteiger charge is -2.38. The summed E-state index contributed by atoms with van der Waals surface area (Å²) >= 11 is 0. The summed E-state index contributed by atoms with van der Waals surface area (Å²) in [6, 6.07) is 3.33. The molecule has 6 nitrogen and oxygen atoms in total. The Hall–Kier alpha value is -0.890. The smallest absolute Gasteiger partial charge is 0.276 e. The highest BCUT2D eigenvalue weighted by Crippen LogP contribution is 2.30. The molecule has 1 aromatic heterocycles. The molecule has 23 heavy (non-hydrogen) atoms. The van der Waals surface area contributed by atoms with E-state index in [-0.39, 0.29) is 17.1 Å². The molecule has 1 N–H and O–H groups in total. The van der Waals surface area contributed by atoms with E-state index in [1.165, 1.54) is 4.31 Å². The molecule has 1 unspecified atom stereocenters. The zero-order valence-corrected chi connectivity index (χ0v) is 14.5. The maximum absolute atomic E-state index is 12.5. The van der Waals surface area contributed by atoms with Crippen molar-refractivity contribution in [1.82, 2.24) is 9.21 Å². The van der Waals surface area contributed by atoms with Crippen LogP contribution in [0.4, 0.5) is 0 Å². The van der Waals surface area contributed by atoms with Crippen molar-refractivity contribution in [2.75, 3.05) is 32.8 Å². The lowest BCUT2D eigenvalue weighted by molar-refractivity contribution is 0.0393. The predicted molar refractivity (Wildman–Crippen MR) is 86.4 cm³/mol. The fourth-order valence-corrected chi connectivity index (χ4v) is 5.00. The maximum atomic E-state index is 12.5. The van der Waals surface area contributed by atoms with E-state index in [0.29, 0.717) is 25.4 Å². The van der Waals surface area contributed by atoms with Crippen LogP contribution in [0.2, 0.25) is 0 Å². The van der Waals surface area contributed by atoms with Crippen LogP contribution < -0.4 is 0 Å². The number of aliphatic hydroxyl groups excluding tert-OH is 1. The van der Waals surface area contributed by atoms with Crippen LogP contribution >= 0.6 is 0 Å². The van der Waals surface area contributed by atoms with Gasteiger partial charge in [0.1, 0.15) is 5.76 Å². The van der Waals surface area contributed by atoms with Gasteiger partial charge in [-0.25, -0.2) is 8.42 Å². The third kappa shape index (κ3) is 3.63. The van der Waals surface area contributed by atoms with E-state index in [1.54, 1.807) is 12.1 Å². The van der Waals surface area contributed by atoms with Crippen molar-refractivity contribution in [1.29, 1.82) is 0 Å². The van der Waals surface area contributed by atoms with Crippen LogP contribution in [-0.2, 0) is 16.6 Å². The molecule has 0 aliphatic carbocycles. The minimum atomic E-state index is -3.48. The van der Waals surface area contributed by atoms with Crippen molar-refractivity contribution in [3.63, 3.8) is 0 Å². The highest BCUT2D eigenvalue weighted by Gasteiger charge is 2.32. The Morgan fingerprint density at radius 1 is 1.22 bits per heavy atom. The van der Waals surface area contributed by atoms with Crippen LogP contribution in [0.25, 0.3) is 0 Å². The molecule has 7 heteroatoms. The molecular weight excluding hydrogens is 316 g/mol. The first-order valence-electron chi connectivity index (χ1n) is 8.35. The van der Waals surface area contributed by atoms with E-state index in [0.717, 1.165) is 38.8 Å². The van der Waals surface area contributed by atoms with Crippen LogP contribution in [0.15, 0.2) is 21.6 Å². The third-order valence-corrected chi connectivity index (χ3v) is 6.69. The Morgan fingerprint density at radius 3 is 2.65 bits per heavy atom. The van der Waals surface area contributed by atoms with Crippen molar-refractivity contribution in [2.24, 2.45) is 5.41 Å². The van der Waals surface area contributed by atoms with Gasteiger partial charge in [0, 0.05) is 31.7 Å². The van der Waals surface area contributed by atoms with Crippen LogP contribution in [0.5, 0.6) is 0 Å². The van der Waals surface area contributed by atoms with Gasteiger partial charge in [-0.05, 0) is 44.4 Å².